The van der Waals surface area contributed by atoms with Gasteiger partial charge in [0.2, 0.25) is 0 Å². The molecule has 0 aliphatic rings. The van der Waals surface area contributed by atoms with Gasteiger partial charge >= 0.3 is 6.18 Å². The molecule has 1 N–H and O–H groups in total. The molecule has 1 aromatic carbocycles. The third-order valence-corrected chi connectivity index (χ3v) is 4.09. The van der Waals surface area contributed by atoms with Crippen molar-refractivity contribution in [3.8, 4) is 0 Å². The summed E-state index contributed by atoms with van der Waals surface area (Å²) in [5.41, 5.74) is -1.04. The van der Waals surface area contributed by atoms with Crippen LogP contribution in [0, 0.1) is 5.82 Å². The molecule has 1 atom stereocenters. The summed E-state index contributed by atoms with van der Waals surface area (Å²) in [5.74, 6) is -0.840. The van der Waals surface area contributed by atoms with Crippen LogP contribution in [0.5, 0.6) is 0 Å². The molecule has 0 aliphatic carbocycles. The minimum absolute atomic E-state index is 0.0915. The van der Waals surface area contributed by atoms with E-state index in [4.69, 9.17) is 0 Å². The Bertz CT molecular complexity index is 584. The van der Waals surface area contributed by atoms with E-state index in [-0.39, 0.29) is 24.2 Å². The van der Waals surface area contributed by atoms with Gasteiger partial charge in [-0.1, -0.05) is 0 Å². The summed E-state index contributed by atoms with van der Waals surface area (Å²) in [5, 5.41) is 2.72. The van der Waals surface area contributed by atoms with Crippen LogP contribution in [-0.2, 0) is 16.0 Å². The second kappa shape index (κ2) is 6.74. The van der Waals surface area contributed by atoms with Crippen LogP contribution in [0.3, 0.4) is 0 Å². The van der Waals surface area contributed by atoms with Crippen LogP contribution in [-0.4, -0.2) is 27.5 Å². The molecule has 0 aliphatic heterocycles. The first kappa shape index (κ1) is 17.9. The highest BCUT2D eigenvalue weighted by Crippen LogP contribution is 2.32. The average Bonchev–Trinajstić information content (AvgIpc) is 2.33. The normalized spacial score (nSPS) is 14.2. The van der Waals surface area contributed by atoms with E-state index in [2.05, 4.69) is 5.32 Å². The molecule has 0 fully saturated rings. The molecule has 1 unspecified atom stereocenters. The lowest BCUT2D eigenvalue weighted by Gasteiger charge is -2.19. The number of alkyl halides is 3. The maximum absolute atomic E-state index is 13.7. The summed E-state index contributed by atoms with van der Waals surface area (Å²) >= 11 is 0. The second-order valence-corrected chi connectivity index (χ2v) is 7.11. The number of halogens is 4. The zero-order valence-electron chi connectivity index (χ0n) is 11.7. The molecule has 0 radical (unpaired) electrons. The molecule has 1 aromatic rings. The van der Waals surface area contributed by atoms with Crippen molar-refractivity contribution in [2.75, 3.05) is 19.1 Å². The van der Waals surface area contributed by atoms with Gasteiger partial charge in [0.05, 0.1) is 5.56 Å². The number of nitrogens with one attached hydrogen (secondary N) is 1. The molecular weight excluding hydrogens is 310 g/mol. The van der Waals surface area contributed by atoms with Gasteiger partial charge in [0, 0.05) is 23.6 Å². The number of benzene rings is 1. The topological polar surface area (TPSA) is 46.2 Å². The Morgan fingerprint density at radius 2 is 1.90 bits per heavy atom. The average molecular weight is 327 g/mol. The van der Waals surface area contributed by atoms with Gasteiger partial charge in [-0.05, 0) is 38.1 Å². The molecule has 0 heterocycles. The van der Waals surface area contributed by atoms with Crippen LogP contribution in [0.15, 0.2) is 18.2 Å². The fourth-order valence-electron chi connectivity index (χ4n) is 1.99. The van der Waals surface area contributed by atoms with E-state index in [1.807, 2.05) is 0 Å². The zero-order valence-corrected chi connectivity index (χ0v) is 12.5. The Morgan fingerprint density at radius 3 is 2.38 bits per heavy atom. The van der Waals surface area contributed by atoms with Crippen molar-refractivity contribution in [2.45, 2.75) is 25.1 Å². The lowest BCUT2D eigenvalue weighted by molar-refractivity contribution is -0.137. The SMILES string of the molecule is CNC(CCCS(C)(=O)=O)c1cc(C(F)(F)F)ccc1F. The van der Waals surface area contributed by atoms with Crippen molar-refractivity contribution >= 4 is 9.84 Å². The summed E-state index contributed by atoms with van der Waals surface area (Å²) in [6.07, 6.45) is -3.01. The lowest BCUT2D eigenvalue weighted by Crippen LogP contribution is -2.20. The number of hydrogen-bond acceptors (Lipinski definition) is 3. The fraction of sp³-hybridized carbons (Fsp3) is 0.538. The first-order valence-electron chi connectivity index (χ1n) is 6.26. The van der Waals surface area contributed by atoms with Crippen LogP contribution in [0.1, 0.15) is 30.0 Å². The van der Waals surface area contributed by atoms with Crippen LogP contribution in [0.25, 0.3) is 0 Å². The molecule has 1 rings (SSSR count). The van der Waals surface area contributed by atoms with E-state index in [1.165, 1.54) is 7.05 Å². The molecule has 0 saturated heterocycles. The standard InChI is InChI=1S/C13H17F4NO2S/c1-18-12(4-3-7-21(2,19)20)10-8-9(13(15,16)17)5-6-11(10)14/h5-6,8,12,18H,3-4,7H2,1-2H3. The Morgan fingerprint density at radius 1 is 1.29 bits per heavy atom. The molecule has 0 bridgehead atoms. The molecule has 0 spiro atoms. The van der Waals surface area contributed by atoms with Crippen molar-refractivity contribution < 1.29 is 26.0 Å². The monoisotopic (exact) mass is 327 g/mol. The molecule has 0 amide bonds. The number of sulfone groups is 1. The predicted octanol–water partition coefficient (Wildman–Crippen LogP) is 2.93. The highest BCUT2D eigenvalue weighted by Gasteiger charge is 2.31. The Labute approximate surface area is 121 Å². The van der Waals surface area contributed by atoms with E-state index in [1.54, 1.807) is 0 Å². The fourth-order valence-corrected chi connectivity index (χ4v) is 2.68. The second-order valence-electron chi connectivity index (χ2n) is 4.85. The summed E-state index contributed by atoms with van der Waals surface area (Å²) in [4.78, 5) is 0. The van der Waals surface area contributed by atoms with Crippen LogP contribution < -0.4 is 5.32 Å². The van der Waals surface area contributed by atoms with Gasteiger partial charge in [0.1, 0.15) is 15.7 Å². The van der Waals surface area contributed by atoms with Crippen molar-refractivity contribution in [3.05, 3.63) is 35.1 Å². The Hall–Kier alpha value is -1.15. The lowest BCUT2D eigenvalue weighted by atomic mass is 9.99. The summed E-state index contributed by atoms with van der Waals surface area (Å²) < 4.78 is 73.8. The highest BCUT2D eigenvalue weighted by molar-refractivity contribution is 7.90. The zero-order chi connectivity index (χ0) is 16.3. The van der Waals surface area contributed by atoms with E-state index in [9.17, 15) is 26.0 Å². The third kappa shape index (κ3) is 5.62. The molecule has 0 aromatic heterocycles. The Balaban J connectivity index is 2.94. The molecular formula is C13H17F4NO2S. The van der Waals surface area contributed by atoms with E-state index < -0.39 is 33.4 Å². The molecule has 3 nitrogen and oxygen atoms in total. The van der Waals surface area contributed by atoms with Crippen molar-refractivity contribution in [1.82, 2.24) is 5.32 Å². The van der Waals surface area contributed by atoms with E-state index >= 15 is 0 Å². The Kier molecular flexibility index (Phi) is 5.75. The van der Waals surface area contributed by atoms with Gasteiger partial charge in [0.25, 0.3) is 0 Å². The number of hydrogen-bond donors (Lipinski definition) is 1. The summed E-state index contributed by atoms with van der Waals surface area (Å²) in [6, 6.07) is 1.55. The highest BCUT2D eigenvalue weighted by atomic mass is 32.2. The van der Waals surface area contributed by atoms with Gasteiger partial charge in [-0.25, -0.2) is 12.8 Å². The third-order valence-electron chi connectivity index (χ3n) is 3.06. The van der Waals surface area contributed by atoms with Gasteiger partial charge < -0.3 is 5.32 Å². The largest absolute Gasteiger partial charge is 0.416 e. The molecule has 120 valence electrons. The van der Waals surface area contributed by atoms with Gasteiger partial charge in [-0.2, -0.15) is 13.2 Å². The number of rotatable bonds is 6. The van der Waals surface area contributed by atoms with Gasteiger partial charge in [-0.3, -0.25) is 0 Å². The minimum atomic E-state index is -4.55. The first-order chi connectivity index (χ1) is 9.54. The minimum Gasteiger partial charge on any atom is -0.313 e. The van der Waals surface area contributed by atoms with Crippen LogP contribution >= 0.6 is 0 Å². The van der Waals surface area contributed by atoms with Crippen LogP contribution in [0.2, 0.25) is 0 Å². The quantitative estimate of drug-likeness (QED) is 0.817. The molecule has 21 heavy (non-hydrogen) atoms. The maximum atomic E-state index is 13.7. The summed E-state index contributed by atoms with van der Waals surface area (Å²) in [6.45, 7) is 0. The van der Waals surface area contributed by atoms with Crippen LogP contribution in [0.4, 0.5) is 17.6 Å². The first-order valence-corrected chi connectivity index (χ1v) is 8.32. The van der Waals surface area contributed by atoms with E-state index in [0.717, 1.165) is 18.4 Å². The van der Waals surface area contributed by atoms with Crippen molar-refractivity contribution in [1.29, 1.82) is 0 Å². The maximum Gasteiger partial charge on any atom is 0.416 e. The smallest absolute Gasteiger partial charge is 0.313 e. The van der Waals surface area contributed by atoms with E-state index in [0.29, 0.717) is 6.07 Å². The summed E-state index contributed by atoms with van der Waals surface area (Å²) in [7, 11) is -1.66. The predicted molar refractivity (Wildman–Crippen MR) is 72.1 cm³/mol. The van der Waals surface area contributed by atoms with Crippen molar-refractivity contribution in [2.24, 2.45) is 0 Å². The van der Waals surface area contributed by atoms with Gasteiger partial charge in [0.15, 0.2) is 0 Å². The molecule has 0 saturated carbocycles. The molecule has 8 heteroatoms. The van der Waals surface area contributed by atoms with Crippen molar-refractivity contribution in [3.63, 3.8) is 0 Å². The van der Waals surface area contributed by atoms with Gasteiger partial charge in [-0.15, -0.1) is 0 Å².